The van der Waals surface area contributed by atoms with Crippen LogP contribution in [0.25, 0.3) is 5.76 Å². The van der Waals surface area contributed by atoms with Gasteiger partial charge in [0.05, 0.1) is 5.57 Å². The lowest BCUT2D eigenvalue weighted by atomic mass is 9.86. The highest BCUT2D eigenvalue weighted by molar-refractivity contribution is 6.57. The molecule has 4 nitrogen and oxygen atoms in total. The number of aliphatic hydroxyl groups excluding tert-OH is 1. The van der Waals surface area contributed by atoms with Gasteiger partial charge in [0.15, 0.2) is 0 Å². The van der Waals surface area contributed by atoms with Crippen LogP contribution in [-0.2, 0) is 4.79 Å². The van der Waals surface area contributed by atoms with Crippen molar-refractivity contribution in [1.82, 2.24) is 0 Å². The molecule has 2 N–H and O–H groups in total. The smallest absolute Gasteiger partial charge is 0.239 e. The van der Waals surface area contributed by atoms with Crippen LogP contribution in [0.4, 0.5) is 0 Å². The molecule has 4 heteroatoms. The topological polar surface area (TPSA) is 78.2 Å². The lowest BCUT2D eigenvalue weighted by Gasteiger charge is -2.17. The zero-order chi connectivity index (χ0) is 12.6. The SMILES string of the molecule is CCC(=N)C1=C(O)c2ccccc2C(=O)C1=O. The third-order valence-electron chi connectivity index (χ3n) is 2.75. The molecular weight excluding hydrogens is 218 g/mol. The molecule has 0 heterocycles. The Morgan fingerprint density at radius 2 is 1.76 bits per heavy atom. The molecule has 0 amide bonds. The van der Waals surface area contributed by atoms with E-state index in [1.807, 2.05) is 0 Å². The summed E-state index contributed by atoms with van der Waals surface area (Å²) in [5.74, 6) is -1.73. The Morgan fingerprint density at radius 1 is 1.18 bits per heavy atom. The highest BCUT2D eigenvalue weighted by Crippen LogP contribution is 2.28. The molecule has 1 aliphatic carbocycles. The summed E-state index contributed by atoms with van der Waals surface area (Å²) in [6.07, 6.45) is 0.292. The summed E-state index contributed by atoms with van der Waals surface area (Å²) >= 11 is 0. The van der Waals surface area contributed by atoms with Crippen molar-refractivity contribution in [1.29, 1.82) is 5.41 Å². The number of carbonyl (C=O) groups excluding carboxylic acids is 2. The maximum atomic E-state index is 11.8. The Balaban J connectivity index is 2.72. The van der Waals surface area contributed by atoms with Gasteiger partial charge >= 0.3 is 0 Å². The van der Waals surface area contributed by atoms with Gasteiger partial charge in [-0.3, -0.25) is 9.59 Å². The molecule has 17 heavy (non-hydrogen) atoms. The van der Waals surface area contributed by atoms with E-state index >= 15 is 0 Å². The first-order valence-corrected chi connectivity index (χ1v) is 5.27. The Kier molecular flexibility index (Phi) is 2.63. The summed E-state index contributed by atoms with van der Waals surface area (Å²) in [7, 11) is 0. The highest BCUT2D eigenvalue weighted by atomic mass is 16.3. The van der Waals surface area contributed by atoms with Crippen molar-refractivity contribution in [2.24, 2.45) is 0 Å². The van der Waals surface area contributed by atoms with Crippen molar-refractivity contribution in [2.45, 2.75) is 13.3 Å². The number of carbonyl (C=O) groups is 2. The van der Waals surface area contributed by atoms with Crippen LogP contribution in [-0.4, -0.2) is 22.4 Å². The minimum absolute atomic E-state index is 0.0182. The van der Waals surface area contributed by atoms with Crippen LogP contribution in [0, 0.1) is 5.41 Å². The number of allylic oxidation sites excluding steroid dienone is 1. The van der Waals surface area contributed by atoms with E-state index in [0.29, 0.717) is 12.0 Å². The first-order chi connectivity index (χ1) is 8.07. The number of hydrogen-bond donors (Lipinski definition) is 2. The second-order valence-electron chi connectivity index (χ2n) is 3.76. The van der Waals surface area contributed by atoms with E-state index in [2.05, 4.69) is 0 Å². The van der Waals surface area contributed by atoms with Gasteiger partial charge in [0.1, 0.15) is 5.76 Å². The molecule has 0 aliphatic heterocycles. The zero-order valence-corrected chi connectivity index (χ0v) is 9.28. The minimum atomic E-state index is -0.798. The first-order valence-electron chi connectivity index (χ1n) is 5.27. The number of Topliss-reactive ketones (excluding diaryl/α,β-unsaturated/α-hetero) is 2. The van der Waals surface area contributed by atoms with E-state index in [0.717, 1.165) is 0 Å². The van der Waals surface area contributed by atoms with E-state index in [4.69, 9.17) is 5.41 Å². The molecule has 0 unspecified atom stereocenters. The van der Waals surface area contributed by atoms with Gasteiger partial charge in [-0.1, -0.05) is 31.2 Å². The predicted octanol–water partition coefficient (Wildman–Crippen LogP) is 2.15. The largest absolute Gasteiger partial charge is 0.506 e. The maximum Gasteiger partial charge on any atom is 0.239 e. The average Bonchev–Trinajstić information content (AvgIpc) is 2.36. The van der Waals surface area contributed by atoms with Gasteiger partial charge in [-0.25, -0.2) is 0 Å². The minimum Gasteiger partial charge on any atom is -0.506 e. The Hall–Kier alpha value is -2.23. The second kappa shape index (κ2) is 3.97. The molecule has 0 spiro atoms. The van der Waals surface area contributed by atoms with E-state index in [1.165, 1.54) is 6.07 Å². The third kappa shape index (κ3) is 1.58. The van der Waals surface area contributed by atoms with Crippen molar-refractivity contribution >= 4 is 23.0 Å². The molecule has 1 aromatic rings. The van der Waals surface area contributed by atoms with E-state index in [-0.39, 0.29) is 22.6 Å². The lowest BCUT2D eigenvalue weighted by Crippen LogP contribution is -2.27. The standard InChI is InChI=1S/C13H11NO3/c1-2-9(14)10-11(15)7-5-3-4-6-8(7)12(16)13(10)17/h3-6,14-15H,2H2,1H3. The summed E-state index contributed by atoms with van der Waals surface area (Å²) in [5.41, 5.74) is 0.333. The van der Waals surface area contributed by atoms with E-state index in [9.17, 15) is 14.7 Å². The predicted molar refractivity (Wildman–Crippen MR) is 63.3 cm³/mol. The molecule has 0 aromatic heterocycles. The fourth-order valence-corrected chi connectivity index (χ4v) is 1.82. The second-order valence-corrected chi connectivity index (χ2v) is 3.76. The molecule has 0 radical (unpaired) electrons. The molecule has 0 saturated carbocycles. The van der Waals surface area contributed by atoms with Crippen LogP contribution in [0.2, 0.25) is 0 Å². The summed E-state index contributed by atoms with van der Waals surface area (Å²) in [6.45, 7) is 1.70. The van der Waals surface area contributed by atoms with Crippen molar-refractivity contribution < 1.29 is 14.7 Å². The van der Waals surface area contributed by atoms with Crippen LogP contribution in [0.5, 0.6) is 0 Å². The zero-order valence-electron chi connectivity index (χ0n) is 9.28. The van der Waals surface area contributed by atoms with Crippen molar-refractivity contribution in [2.75, 3.05) is 0 Å². The molecule has 0 saturated heterocycles. The fraction of sp³-hybridized carbons (Fsp3) is 0.154. The Labute approximate surface area is 98.1 Å². The van der Waals surface area contributed by atoms with Crippen LogP contribution in [0.3, 0.4) is 0 Å². The number of rotatable bonds is 2. The Bertz CT molecular complexity index is 570. The fourth-order valence-electron chi connectivity index (χ4n) is 1.82. The molecule has 1 aromatic carbocycles. The summed E-state index contributed by atoms with van der Waals surface area (Å²) in [5, 5.41) is 17.6. The number of fused-ring (bicyclic) bond motifs is 1. The number of aliphatic hydroxyl groups is 1. The molecule has 1 aliphatic rings. The average molecular weight is 229 g/mol. The van der Waals surface area contributed by atoms with Crippen molar-refractivity contribution in [3.63, 3.8) is 0 Å². The molecule has 0 bridgehead atoms. The van der Waals surface area contributed by atoms with Gasteiger partial charge in [-0.2, -0.15) is 0 Å². The highest BCUT2D eigenvalue weighted by Gasteiger charge is 2.33. The maximum absolute atomic E-state index is 11.8. The molecular formula is C13H11NO3. The van der Waals surface area contributed by atoms with E-state index in [1.54, 1.807) is 25.1 Å². The van der Waals surface area contributed by atoms with Crippen LogP contribution < -0.4 is 0 Å². The molecule has 2 rings (SSSR count). The number of hydrogen-bond acceptors (Lipinski definition) is 4. The molecule has 86 valence electrons. The third-order valence-corrected chi connectivity index (χ3v) is 2.75. The van der Waals surface area contributed by atoms with Crippen molar-refractivity contribution in [3.05, 3.63) is 41.0 Å². The molecule has 0 fully saturated rings. The first kappa shape index (κ1) is 11.3. The number of benzene rings is 1. The monoisotopic (exact) mass is 229 g/mol. The number of ketones is 2. The van der Waals surface area contributed by atoms with Gasteiger partial charge in [0.2, 0.25) is 11.6 Å². The van der Waals surface area contributed by atoms with Crippen LogP contribution >= 0.6 is 0 Å². The Morgan fingerprint density at radius 3 is 2.35 bits per heavy atom. The van der Waals surface area contributed by atoms with Gasteiger partial charge in [-0.15, -0.1) is 0 Å². The quantitative estimate of drug-likeness (QED) is 0.602. The van der Waals surface area contributed by atoms with E-state index < -0.39 is 11.6 Å². The van der Waals surface area contributed by atoms with Crippen LogP contribution in [0.15, 0.2) is 29.8 Å². The number of nitrogens with one attached hydrogen (secondary N) is 1. The lowest BCUT2D eigenvalue weighted by molar-refractivity contribution is -0.111. The molecule has 0 atom stereocenters. The summed E-state index contributed by atoms with van der Waals surface area (Å²) in [6, 6.07) is 6.37. The van der Waals surface area contributed by atoms with Gasteiger partial charge < -0.3 is 10.5 Å². The van der Waals surface area contributed by atoms with Crippen LogP contribution in [0.1, 0.15) is 29.3 Å². The van der Waals surface area contributed by atoms with Gasteiger partial charge in [0.25, 0.3) is 0 Å². The normalized spacial score (nSPS) is 14.9. The van der Waals surface area contributed by atoms with Crippen molar-refractivity contribution in [3.8, 4) is 0 Å². The summed E-state index contributed by atoms with van der Waals surface area (Å²) < 4.78 is 0. The summed E-state index contributed by atoms with van der Waals surface area (Å²) in [4.78, 5) is 23.6. The van der Waals surface area contributed by atoms with Gasteiger partial charge in [-0.05, 0) is 6.42 Å². The van der Waals surface area contributed by atoms with Gasteiger partial charge in [0, 0.05) is 16.8 Å².